The zero-order chi connectivity index (χ0) is 25.2. The van der Waals surface area contributed by atoms with E-state index in [0.717, 1.165) is 23.7 Å². The van der Waals surface area contributed by atoms with E-state index in [4.69, 9.17) is 0 Å². The number of hydrogen-bond acceptors (Lipinski definition) is 5. The zero-order valence-corrected chi connectivity index (χ0v) is 19.3. The first-order valence-corrected chi connectivity index (χ1v) is 11.1. The summed E-state index contributed by atoms with van der Waals surface area (Å²) in [5.74, 6) is -0.470. The van der Waals surface area contributed by atoms with Crippen molar-refractivity contribution >= 4 is 23.2 Å². The molecule has 0 radical (unpaired) electrons. The third-order valence-corrected chi connectivity index (χ3v) is 5.82. The van der Waals surface area contributed by atoms with Crippen molar-refractivity contribution in [3.05, 3.63) is 71.3 Å². The monoisotopic (exact) mass is 486 g/mol. The minimum atomic E-state index is -4.55. The number of benzene rings is 1. The molecule has 1 aliphatic rings. The summed E-state index contributed by atoms with van der Waals surface area (Å²) >= 11 is 0. The van der Waals surface area contributed by atoms with E-state index in [1.54, 1.807) is 21.7 Å². The summed E-state index contributed by atoms with van der Waals surface area (Å²) in [6.07, 6.45) is -3.56. The number of carbonyl (C=O) groups excluding carboxylic acids is 2. The van der Waals surface area contributed by atoms with Gasteiger partial charge >= 0.3 is 6.18 Å². The maximum absolute atomic E-state index is 12.9. The number of pyridine rings is 1. The van der Waals surface area contributed by atoms with Gasteiger partial charge in [0.15, 0.2) is 0 Å². The Kier molecular flexibility index (Phi) is 6.77. The molecular weight excluding hydrogens is 461 g/mol. The molecule has 2 aromatic heterocycles. The van der Waals surface area contributed by atoms with Gasteiger partial charge in [-0.2, -0.15) is 18.3 Å². The number of para-hydroxylation sites is 1. The lowest BCUT2D eigenvalue weighted by atomic mass is 10.1. The lowest BCUT2D eigenvalue weighted by molar-refractivity contribution is -0.141. The normalized spacial score (nSPS) is 14.2. The number of rotatable bonds is 5. The lowest BCUT2D eigenvalue weighted by Gasteiger charge is -2.37. The Labute approximate surface area is 200 Å². The van der Waals surface area contributed by atoms with Gasteiger partial charge in [-0.25, -0.2) is 4.98 Å². The Hall–Kier alpha value is -3.89. The van der Waals surface area contributed by atoms with Crippen LogP contribution in [0.2, 0.25) is 0 Å². The summed E-state index contributed by atoms with van der Waals surface area (Å²) in [5.41, 5.74) is 2.00. The number of hydrogen-bond donors (Lipinski definition) is 1. The second kappa shape index (κ2) is 9.77. The predicted molar refractivity (Wildman–Crippen MR) is 124 cm³/mol. The summed E-state index contributed by atoms with van der Waals surface area (Å²) in [6.45, 7) is 6.04. The van der Waals surface area contributed by atoms with Crippen LogP contribution in [0.4, 0.5) is 24.5 Å². The SMILES string of the molecule is Cc1cc(C)n(CC(=O)N2CCN(c3ccccc3C(=O)Nc3ccc(C(F)(F)F)nc3)CC2)n1. The Morgan fingerprint density at radius 1 is 1.03 bits per heavy atom. The van der Waals surface area contributed by atoms with Crippen molar-refractivity contribution in [1.82, 2.24) is 19.7 Å². The number of amides is 2. The second-order valence-corrected chi connectivity index (χ2v) is 8.35. The number of piperazine rings is 1. The highest BCUT2D eigenvalue weighted by atomic mass is 19.4. The molecule has 0 saturated carbocycles. The maximum atomic E-state index is 12.9. The molecule has 1 N–H and O–H groups in total. The first kappa shape index (κ1) is 24.2. The van der Waals surface area contributed by atoms with Crippen molar-refractivity contribution < 1.29 is 22.8 Å². The summed E-state index contributed by atoms with van der Waals surface area (Å²) in [5, 5.41) is 6.95. The molecule has 1 aliphatic heterocycles. The summed E-state index contributed by atoms with van der Waals surface area (Å²) in [6, 6.07) is 10.9. The molecule has 3 aromatic rings. The second-order valence-electron chi connectivity index (χ2n) is 8.35. The van der Waals surface area contributed by atoms with Crippen LogP contribution in [-0.2, 0) is 17.5 Å². The van der Waals surface area contributed by atoms with Crippen LogP contribution in [-0.4, -0.2) is 57.7 Å². The molecule has 0 spiro atoms. The molecule has 1 fully saturated rings. The van der Waals surface area contributed by atoms with Crippen molar-refractivity contribution in [2.75, 3.05) is 36.4 Å². The molecule has 4 rings (SSSR count). The van der Waals surface area contributed by atoms with Gasteiger partial charge < -0.3 is 15.1 Å². The summed E-state index contributed by atoms with van der Waals surface area (Å²) in [4.78, 5) is 32.8. The number of nitrogens with zero attached hydrogens (tertiary/aromatic N) is 5. The Balaban J connectivity index is 1.40. The zero-order valence-electron chi connectivity index (χ0n) is 19.3. The lowest BCUT2D eigenvalue weighted by Crippen LogP contribution is -2.50. The minimum absolute atomic E-state index is 0.0170. The van der Waals surface area contributed by atoms with Crippen LogP contribution in [0.1, 0.15) is 27.4 Å². The van der Waals surface area contributed by atoms with Crippen molar-refractivity contribution in [2.24, 2.45) is 0 Å². The number of anilines is 2. The first-order valence-electron chi connectivity index (χ1n) is 11.1. The van der Waals surface area contributed by atoms with Gasteiger partial charge in [-0.3, -0.25) is 14.3 Å². The smallest absolute Gasteiger partial charge is 0.367 e. The van der Waals surface area contributed by atoms with Gasteiger partial charge in [0.1, 0.15) is 12.2 Å². The number of alkyl halides is 3. The highest BCUT2D eigenvalue weighted by Crippen LogP contribution is 2.28. The molecule has 8 nitrogen and oxygen atoms in total. The van der Waals surface area contributed by atoms with Gasteiger partial charge in [0.05, 0.1) is 23.1 Å². The molecule has 1 saturated heterocycles. The summed E-state index contributed by atoms with van der Waals surface area (Å²) in [7, 11) is 0. The van der Waals surface area contributed by atoms with Crippen molar-refractivity contribution in [1.29, 1.82) is 0 Å². The van der Waals surface area contributed by atoms with Gasteiger partial charge in [-0.15, -0.1) is 0 Å². The standard InChI is InChI=1S/C24H25F3N6O2/c1-16-13-17(2)33(30-16)15-22(34)32-11-9-31(10-12-32)20-6-4-3-5-19(20)23(35)29-18-7-8-21(28-14-18)24(25,26)27/h3-8,13-14H,9-12,15H2,1-2H3,(H,29,35). The van der Waals surface area contributed by atoms with Gasteiger partial charge in [0.25, 0.3) is 5.91 Å². The van der Waals surface area contributed by atoms with Crippen molar-refractivity contribution in [2.45, 2.75) is 26.6 Å². The topological polar surface area (TPSA) is 83.4 Å². The third kappa shape index (κ3) is 5.61. The minimum Gasteiger partial charge on any atom is -0.367 e. The van der Waals surface area contributed by atoms with Crippen molar-refractivity contribution in [3.63, 3.8) is 0 Å². The number of aryl methyl sites for hydroxylation is 2. The molecule has 0 unspecified atom stereocenters. The molecule has 11 heteroatoms. The third-order valence-electron chi connectivity index (χ3n) is 5.82. The molecule has 0 atom stereocenters. The average Bonchev–Trinajstić information content (AvgIpc) is 3.15. The molecule has 35 heavy (non-hydrogen) atoms. The molecule has 184 valence electrons. The van der Waals surface area contributed by atoms with Crippen LogP contribution in [0.15, 0.2) is 48.7 Å². The average molecular weight is 486 g/mol. The molecule has 1 aromatic carbocycles. The van der Waals surface area contributed by atoms with Gasteiger partial charge in [-0.1, -0.05) is 12.1 Å². The number of nitrogens with one attached hydrogen (secondary N) is 1. The van der Waals surface area contributed by atoms with Gasteiger partial charge in [-0.05, 0) is 44.2 Å². The van der Waals surface area contributed by atoms with E-state index in [0.29, 0.717) is 37.4 Å². The van der Waals surface area contributed by atoms with Gasteiger partial charge in [0, 0.05) is 37.6 Å². The molecule has 0 aliphatic carbocycles. The molecular formula is C24H25F3N6O2. The molecule has 3 heterocycles. The fourth-order valence-electron chi connectivity index (χ4n) is 4.04. The highest BCUT2D eigenvalue weighted by molar-refractivity contribution is 6.08. The Bertz CT molecular complexity index is 1210. The van der Waals surface area contributed by atoms with E-state index >= 15 is 0 Å². The van der Waals surface area contributed by atoms with Crippen LogP contribution in [0.3, 0.4) is 0 Å². The van der Waals surface area contributed by atoms with Crippen LogP contribution < -0.4 is 10.2 Å². The van der Waals surface area contributed by atoms with Crippen LogP contribution in [0.5, 0.6) is 0 Å². The van der Waals surface area contributed by atoms with E-state index in [1.807, 2.05) is 36.9 Å². The first-order chi connectivity index (χ1) is 16.6. The maximum Gasteiger partial charge on any atom is 0.433 e. The quantitative estimate of drug-likeness (QED) is 0.597. The fourth-order valence-corrected chi connectivity index (χ4v) is 4.04. The number of halogens is 3. The number of carbonyl (C=O) groups is 2. The van der Waals surface area contributed by atoms with E-state index in [-0.39, 0.29) is 18.1 Å². The van der Waals surface area contributed by atoms with E-state index in [1.165, 1.54) is 6.07 Å². The Morgan fingerprint density at radius 3 is 2.34 bits per heavy atom. The van der Waals surface area contributed by atoms with Gasteiger partial charge in [0.2, 0.25) is 5.91 Å². The molecule has 2 amide bonds. The largest absolute Gasteiger partial charge is 0.433 e. The van der Waals surface area contributed by atoms with Crippen LogP contribution >= 0.6 is 0 Å². The van der Waals surface area contributed by atoms with Crippen LogP contribution in [0, 0.1) is 13.8 Å². The highest BCUT2D eigenvalue weighted by Gasteiger charge is 2.32. The van der Waals surface area contributed by atoms with Crippen LogP contribution in [0.25, 0.3) is 0 Å². The van der Waals surface area contributed by atoms with Crippen molar-refractivity contribution in [3.8, 4) is 0 Å². The fraction of sp³-hybridized carbons (Fsp3) is 0.333. The summed E-state index contributed by atoms with van der Waals surface area (Å²) < 4.78 is 39.9. The Morgan fingerprint density at radius 2 is 1.74 bits per heavy atom. The van der Waals surface area contributed by atoms with E-state index in [2.05, 4.69) is 15.4 Å². The van der Waals surface area contributed by atoms with E-state index < -0.39 is 17.8 Å². The molecule has 0 bridgehead atoms. The predicted octanol–water partition coefficient (Wildman–Crippen LogP) is 3.51. The van der Waals surface area contributed by atoms with E-state index in [9.17, 15) is 22.8 Å². The number of aromatic nitrogens is 3.